The van der Waals surface area contributed by atoms with Gasteiger partial charge < -0.3 is 4.74 Å². The average molecular weight is 386 g/mol. The quantitative estimate of drug-likeness (QED) is 0.258. The van der Waals surface area contributed by atoms with Crippen molar-refractivity contribution in [3.8, 4) is 22.7 Å². The van der Waals surface area contributed by atoms with Crippen LogP contribution in [0.5, 0.6) is 5.75 Å². The van der Waals surface area contributed by atoms with E-state index in [0.29, 0.717) is 5.75 Å². The maximum absolute atomic E-state index is 12.2. The van der Waals surface area contributed by atoms with E-state index in [1.807, 2.05) is 89.6 Å². The summed E-state index contributed by atoms with van der Waals surface area (Å²) in [6, 6.07) is 29.1. The van der Waals surface area contributed by atoms with Gasteiger partial charge in [-0.1, -0.05) is 78.5 Å². The Kier molecular flexibility index (Phi) is 5.54. The largest absolute Gasteiger partial charge is 0.426 e. The highest BCUT2D eigenvalue weighted by Gasteiger charge is 2.14. The van der Waals surface area contributed by atoms with Gasteiger partial charge in [0.05, 0.1) is 11.4 Å². The molecule has 28 heavy (non-hydrogen) atoms. The van der Waals surface area contributed by atoms with E-state index in [1.54, 1.807) is 12.1 Å². The van der Waals surface area contributed by atoms with Crippen LogP contribution in [-0.4, -0.2) is 21.3 Å². The Morgan fingerprint density at radius 1 is 0.857 bits per heavy atom. The second kappa shape index (κ2) is 8.59. The number of ether oxygens (including phenoxy) is 1. The van der Waals surface area contributed by atoms with Crippen molar-refractivity contribution in [3.63, 3.8) is 0 Å². The van der Waals surface area contributed by atoms with Gasteiger partial charge in [-0.05, 0) is 24.3 Å². The van der Waals surface area contributed by atoms with Crippen molar-refractivity contribution >= 4 is 17.7 Å². The minimum Gasteiger partial charge on any atom is -0.426 e. The maximum atomic E-state index is 12.2. The summed E-state index contributed by atoms with van der Waals surface area (Å²) in [5.41, 5.74) is 2.89. The molecule has 0 aliphatic rings. The second-order valence-corrected chi connectivity index (χ2v) is 7.00. The van der Waals surface area contributed by atoms with E-state index in [9.17, 15) is 4.79 Å². The highest BCUT2D eigenvalue weighted by molar-refractivity contribution is 7.99. The Hall–Kier alpha value is -3.31. The lowest BCUT2D eigenvalue weighted by molar-refractivity contribution is -0.131. The lowest BCUT2D eigenvalue weighted by Crippen LogP contribution is -2.11. The summed E-state index contributed by atoms with van der Waals surface area (Å²) in [6.45, 7) is 0. The van der Waals surface area contributed by atoms with E-state index >= 15 is 0 Å². The zero-order valence-corrected chi connectivity index (χ0v) is 15.9. The average Bonchev–Trinajstić information content (AvgIpc) is 3.19. The molecule has 0 amide bonds. The molecule has 4 nitrogen and oxygen atoms in total. The van der Waals surface area contributed by atoms with Gasteiger partial charge in [0, 0.05) is 17.4 Å². The van der Waals surface area contributed by atoms with E-state index in [-0.39, 0.29) is 11.7 Å². The molecule has 0 radical (unpaired) electrons. The molecular weight excluding hydrogens is 368 g/mol. The number of aromatic nitrogens is 2. The Bertz CT molecular complexity index is 1050. The molecule has 0 aliphatic carbocycles. The highest BCUT2D eigenvalue weighted by atomic mass is 32.2. The summed E-state index contributed by atoms with van der Waals surface area (Å²) < 4.78 is 7.38. The predicted octanol–water partition coefficient (Wildman–Crippen LogP) is 5.24. The van der Waals surface area contributed by atoms with Gasteiger partial charge >= 0.3 is 5.97 Å². The van der Waals surface area contributed by atoms with Gasteiger partial charge in [0.2, 0.25) is 0 Å². The number of nitrogens with zero attached hydrogens (tertiary/aromatic N) is 2. The molecule has 0 unspecified atom stereocenters. The van der Waals surface area contributed by atoms with Crippen LogP contribution in [-0.2, 0) is 4.79 Å². The Morgan fingerprint density at radius 3 is 2.14 bits per heavy atom. The number of benzene rings is 3. The van der Waals surface area contributed by atoms with Crippen molar-refractivity contribution in [2.75, 3.05) is 5.75 Å². The van der Waals surface area contributed by atoms with Gasteiger partial charge in [-0.15, -0.1) is 0 Å². The minimum absolute atomic E-state index is 0.174. The van der Waals surface area contributed by atoms with Crippen molar-refractivity contribution in [1.82, 2.24) is 9.55 Å². The molecule has 0 aliphatic heterocycles. The summed E-state index contributed by atoms with van der Waals surface area (Å²) in [7, 11) is 0. The van der Waals surface area contributed by atoms with Crippen molar-refractivity contribution in [3.05, 3.63) is 97.2 Å². The van der Waals surface area contributed by atoms with E-state index in [4.69, 9.17) is 9.72 Å². The van der Waals surface area contributed by atoms with Gasteiger partial charge in [-0.3, -0.25) is 9.36 Å². The molecule has 0 fully saturated rings. The molecular formula is C23H18N2O2S. The first-order valence-electron chi connectivity index (χ1n) is 8.88. The van der Waals surface area contributed by atoms with Crippen LogP contribution in [0.25, 0.3) is 16.9 Å². The zero-order valence-electron chi connectivity index (χ0n) is 15.1. The fourth-order valence-electron chi connectivity index (χ4n) is 2.76. The van der Waals surface area contributed by atoms with Gasteiger partial charge in [0.1, 0.15) is 5.75 Å². The lowest BCUT2D eigenvalue weighted by Gasteiger charge is -2.07. The number of carbonyl (C=O) groups excluding carboxylic acids is 1. The SMILES string of the molecule is O=C(CSc1nc(-c2ccccc2)cn1-c1ccccc1)Oc1ccccc1. The summed E-state index contributed by atoms with van der Waals surface area (Å²) in [6.07, 6.45) is 2.00. The van der Waals surface area contributed by atoms with Crippen LogP contribution in [0.1, 0.15) is 0 Å². The molecule has 0 atom stereocenters. The third-order valence-corrected chi connectivity index (χ3v) is 5.00. The molecule has 1 aromatic heterocycles. The summed E-state index contributed by atoms with van der Waals surface area (Å²) in [4.78, 5) is 17.0. The number of carbonyl (C=O) groups is 1. The van der Waals surface area contributed by atoms with Crippen LogP contribution < -0.4 is 4.74 Å². The lowest BCUT2D eigenvalue weighted by atomic mass is 10.2. The summed E-state index contributed by atoms with van der Waals surface area (Å²) in [5.74, 6) is 0.414. The first-order valence-corrected chi connectivity index (χ1v) is 9.87. The molecule has 0 N–H and O–H groups in total. The number of rotatable bonds is 6. The van der Waals surface area contributed by atoms with Crippen LogP contribution in [0.2, 0.25) is 0 Å². The first kappa shape index (κ1) is 18.1. The Labute approximate surface area is 167 Å². The minimum atomic E-state index is -0.305. The number of esters is 1. The molecule has 3 aromatic carbocycles. The van der Waals surface area contributed by atoms with Gasteiger partial charge in [0.15, 0.2) is 5.16 Å². The topological polar surface area (TPSA) is 44.1 Å². The van der Waals surface area contributed by atoms with E-state index < -0.39 is 0 Å². The Balaban J connectivity index is 1.56. The number of imidazole rings is 1. The number of thioether (sulfide) groups is 1. The molecule has 138 valence electrons. The van der Waals surface area contributed by atoms with E-state index in [1.165, 1.54) is 11.8 Å². The van der Waals surface area contributed by atoms with E-state index in [2.05, 4.69) is 0 Å². The van der Waals surface area contributed by atoms with Crippen LogP contribution in [0.15, 0.2) is 102 Å². The smallest absolute Gasteiger partial charge is 0.321 e. The summed E-state index contributed by atoms with van der Waals surface area (Å²) in [5, 5.41) is 0.745. The van der Waals surface area contributed by atoms with Gasteiger partial charge in [-0.25, -0.2) is 4.98 Å². The molecule has 1 heterocycles. The fourth-order valence-corrected chi connectivity index (χ4v) is 3.53. The van der Waals surface area contributed by atoms with Crippen LogP contribution >= 0.6 is 11.8 Å². The zero-order chi connectivity index (χ0) is 19.2. The molecule has 0 spiro atoms. The molecule has 0 bridgehead atoms. The van der Waals surface area contributed by atoms with Crippen LogP contribution in [0, 0.1) is 0 Å². The summed E-state index contributed by atoms with van der Waals surface area (Å²) >= 11 is 1.36. The van der Waals surface area contributed by atoms with Crippen LogP contribution in [0.4, 0.5) is 0 Å². The normalized spacial score (nSPS) is 10.6. The Morgan fingerprint density at radius 2 is 1.46 bits per heavy atom. The maximum Gasteiger partial charge on any atom is 0.321 e. The number of hydrogen-bond acceptors (Lipinski definition) is 4. The molecule has 0 saturated carbocycles. The molecule has 5 heteroatoms. The fraction of sp³-hybridized carbons (Fsp3) is 0.0435. The van der Waals surface area contributed by atoms with Crippen molar-refractivity contribution in [2.24, 2.45) is 0 Å². The molecule has 4 rings (SSSR count). The number of para-hydroxylation sites is 2. The standard InChI is InChI=1S/C23H18N2O2S/c26-22(27-20-14-8-3-9-15-20)17-28-23-24-21(18-10-4-1-5-11-18)16-25(23)19-12-6-2-7-13-19/h1-16H,17H2. The van der Waals surface area contributed by atoms with Crippen molar-refractivity contribution in [1.29, 1.82) is 0 Å². The van der Waals surface area contributed by atoms with Crippen LogP contribution in [0.3, 0.4) is 0 Å². The van der Waals surface area contributed by atoms with E-state index in [0.717, 1.165) is 22.1 Å². The molecule has 4 aromatic rings. The predicted molar refractivity (Wildman–Crippen MR) is 112 cm³/mol. The monoisotopic (exact) mass is 386 g/mol. The number of hydrogen-bond donors (Lipinski definition) is 0. The van der Waals surface area contributed by atoms with Crippen molar-refractivity contribution in [2.45, 2.75) is 5.16 Å². The van der Waals surface area contributed by atoms with Crippen molar-refractivity contribution < 1.29 is 9.53 Å². The second-order valence-electron chi connectivity index (χ2n) is 6.06. The highest BCUT2D eigenvalue weighted by Crippen LogP contribution is 2.27. The third kappa shape index (κ3) is 4.32. The third-order valence-electron chi connectivity index (χ3n) is 4.07. The van der Waals surface area contributed by atoms with Gasteiger partial charge in [-0.2, -0.15) is 0 Å². The first-order chi connectivity index (χ1) is 13.8. The molecule has 0 saturated heterocycles. The van der Waals surface area contributed by atoms with Gasteiger partial charge in [0.25, 0.3) is 0 Å².